The first-order chi connectivity index (χ1) is 10.1. The molecule has 2 N–H and O–H groups in total. The van der Waals surface area contributed by atoms with E-state index >= 15 is 0 Å². The van der Waals surface area contributed by atoms with Crippen LogP contribution in [0.4, 0.5) is 5.69 Å². The Bertz CT molecular complexity index is 454. The van der Waals surface area contributed by atoms with Crippen LogP contribution in [-0.2, 0) is 4.79 Å². The molecule has 1 atom stereocenters. The van der Waals surface area contributed by atoms with E-state index in [1.165, 1.54) is 6.42 Å². The smallest absolute Gasteiger partial charge is 0.224 e. The average Bonchev–Trinajstić information content (AvgIpc) is 2.97. The van der Waals surface area contributed by atoms with Gasteiger partial charge in [-0.25, -0.2) is 0 Å². The fourth-order valence-corrected chi connectivity index (χ4v) is 2.46. The molecule has 1 saturated heterocycles. The van der Waals surface area contributed by atoms with Gasteiger partial charge in [-0.1, -0.05) is 26.0 Å². The van der Waals surface area contributed by atoms with E-state index in [2.05, 4.69) is 24.5 Å². The van der Waals surface area contributed by atoms with Crippen molar-refractivity contribution in [2.45, 2.75) is 33.1 Å². The van der Waals surface area contributed by atoms with Gasteiger partial charge in [0.15, 0.2) is 0 Å². The second-order valence-electron chi connectivity index (χ2n) is 6.15. The van der Waals surface area contributed by atoms with Gasteiger partial charge in [-0.2, -0.15) is 0 Å². The maximum atomic E-state index is 12.1. The summed E-state index contributed by atoms with van der Waals surface area (Å²) in [6.07, 6.45) is 2.71. The zero-order valence-corrected chi connectivity index (χ0v) is 13.0. The number of carbonyl (C=O) groups is 1. The Morgan fingerprint density at radius 1 is 1.43 bits per heavy atom. The maximum absolute atomic E-state index is 12.1. The molecule has 0 aliphatic carbocycles. The molecule has 1 aromatic carbocycles. The molecule has 2 rings (SSSR count). The molecule has 1 aromatic rings. The van der Waals surface area contributed by atoms with Crippen LogP contribution in [0, 0.1) is 11.8 Å². The van der Waals surface area contributed by atoms with Crippen LogP contribution < -0.4 is 15.4 Å². The Morgan fingerprint density at radius 2 is 2.24 bits per heavy atom. The molecule has 1 amide bonds. The van der Waals surface area contributed by atoms with Crippen LogP contribution in [0.5, 0.6) is 5.75 Å². The molecular formula is C17H26N2O2. The van der Waals surface area contributed by atoms with Crippen molar-refractivity contribution in [2.75, 3.05) is 25.0 Å². The lowest BCUT2D eigenvalue weighted by Crippen LogP contribution is -2.16. The molecule has 0 saturated carbocycles. The van der Waals surface area contributed by atoms with Gasteiger partial charge < -0.3 is 15.4 Å². The van der Waals surface area contributed by atoms with E-state index in [0.29, 0.717) is 24.9 Å². The van der Waals surface area contributed by atoms with Gasteiger partial charge in [0.1, 0.15) is 5.75 Å². The number of hydrogen-bond acceptors (Lipinski definition) is 3. The Labute approximate surface area is 127 Å². The van der Waals surface area contributed by atoms with Gasteiger partial charge in [-0.3, -0.25) is 4.79 Å². The number of amides is 1. The van der Waals surface area contributed by atoms with Crippen LogP contribution in [0.3, 0.4) is 0 Å². The molecule has 1 fully saturated rings. The Hall–Kier alpha value is -1.55. The molecule has 0 radical (unpaired) electrons. The molecule has 1 heterocycles. The molecule has 1 aliphatic heterocycles. The number of benzene rings is 1. The molecule has 4 heteroatoms. The molecule has 0 spiro atoms. The minimum absolute atomic E-state index is 0.0718. The van der Waals surface area contributed by atoms with Gasteiger partial charge in [0.05, 0.1) is 12.3 Å². The van der Waals surface area contributed by atoms with Crippen molar-refractivity contribution in [3.05, 3.63) is 24.3 Å². The predicted molar refractivity (Wildman–Crippen MR) is 85.6 cm³/mol. The summed E-state index contributed by atoms with van der Waals surface area (Å²) in [5.74, 6) is 1.93. The summed E-state index contributed by atoms with van der Waals surface area (Å²) in [5.41, 5.74) is 0.771. The first kappa shape index (κ1) is 15.8. The van der Waals surface area contributed by atoms with Crippen molar-refractivity contribution >= 4 is 11.6 Å². The summed E-state index contributed by atoms with van der Waals surface area (Å²) >= 11 is 0. The van der Waals surface area contributed by atoms with Crippen molar-refractivity contribution in [3.63, 3.8) is 0 Å². The summed E-state index contributed by atoms with van der Waals surface area (Å²) < 4.78 is 5.75. The van der Waals surface area contributed by atoms with Gasteiger partial charge in [-0.15, -0.1) is 0 Å². The third-order valence-corrected chi connectivity index (χ3v) is 3.68. The predicted octanol–water partition coefficient (Wildman–Crippen LogP) is 3.05. The summed E-state index contributed by atoms with van der Waals surface area (Å²) in [6.45, 7) is 6.99. The molecule has 1 aliphatic rings. The highest BCUT2D eigenvalue weighted by molar-refractivity contribution is 5.92. The summed E-state index contributed by atoms with van der Waals surface area (Å²) in [4.78, 5) is 12.1. The number of anilines is 1. The van der Waals surface area contributed by atoms with E-state index < -0.39 is 0 Å². The highest BCUT2D eigenvalue weighted by Crippen LogP contribution is 2.25. The Morgan fingerprint density at radius 3 is 2.95 bits per heavy atom. The van der Waals surface area contributed by atoms with Crippen molar-refractivity contribution in [1.29, 1.82) is 0 Å². The average molecular weight is 290 g/mol. The van der Waals surface area contributed by atoms with Crippen molar-refractivity contribution in [1.82, 2.24) is 5.32 Å². The summed E-state index contributed by atoms with van der Waals surface area (Å²) in [5, 5.41) is 6.30. The van der Waals surface area contributed by atoms with E-state index in [-0.39, 0.29) is 5.91 Å². The van der Waals surface area contributed by atoms with Crippen LogP contribution in [0.25, 0.3) is 0 Å². The topological polar surface area (TPSA) is 50.4 Å². The largest absolute Gasteiger partial charge is 0.491 e. The fraction of sp³-hybridized carbons (Fsp3) is 0.588. The minimum atomic E-state index is 0.0718. The number of nitrogens with one attached hydrogen (secondary N) is 2. The van der Waals surface area contributed by atoms with Crippen LogP contribution >= 0.6 is 0 Å². The van der Waals surface area contributed by atoms with Gasteiger partial charge in [0.2, 0.25) is 5.91 Å². The van der Waals surface area contributed by atoms with Crippen molar-refractivity contribution < 1.29 is 9.53 Å². The van der Waals surface area contributed by atoms with E-state index in [4.69, 9.17) is 4.74 Å². The van der Waals surface area contributed by atoms with E-state index in [1.54, 1.807) is 0 Å². The molecule has 21 heavy (non-hydrogen) atoms. The van der Waals surface area contributed by atoms with Crippen molar-refractivity contribution in [2.24, 2.45) is 11.8 Å². The quantitative estimate of drug-likeness (QED) is 0.811. The summed E-state index contributed by atoms with van der Waals surface area (Å²) in [7, 11) is 0. The van der Waals surface area contributed by atoms with E-state index in [9.17, 15) is 4.79 Å². The SMILES string of the molecule is CC(C)COc1ccccc1NC(=O)CCC1CCNC1. The van der Waals surface area contributed by atoms with Crippen LogP contribution in [0.1, 0.15) is 33.1 Å². The van der Waals surface area contributed by atoms with Crippen molar-refractivity contribution in [3.8, 4) is 5.75 Å². The maximum Gasteiger partial charge on any atom is 0.224 e. The number of carbonyl (C=O) groups excluding carboxylic acids is 1. The number of para-hydroxylation sites is 2. The van der Waals surface area contributed by atoms with Gasteiger partial charge in [0.25, 0.3) is 0 Å². The standard InChI is InChI=1S/C17H26N2O2/c1-13(2)12-21-16-6-4-3-5-15(16)19-17(20)8-7-14-9-10-18-11-14/h3-6,13-14,18H,7-12H2,1-2H3,(H,19,20). The van der Waals surface area contributed by atoms with E-state index in [1.807, 2.05) is 24.3 Å². The number of hydrogen-bond donors (Lipinski definition) is 2. The molecule has 1 unspecified atom stereocenters. The highest BCUT2D eigenvalue weighted by Gasteiger charge is 2.16. The lowest BCUT2D eigenvalue weighted by Gasteiger charge is -2.14. The molecule has 4 nitrogen and oxygen atoms in total. The summed E-state index contributed by atoms with van der Waals surface area (Å²) in [6, 6.07) is 7.64. The third-order valence-electron chi connectivity index (χ3n) is 3.68. The second-order valence-corrected chi connectivity index (χ2v) is 6.15. The first-order valence-electron chi connectivity index (χ1n) is 7.87. The Kier molecular flexibility index (Phi) is 6.05. The molecule has 116 valence electrons. The molecule has 0 bridgehead atoms. The van der Waals surface area contributed by atoms with Crippen LogP contribution in [0.15, 0.2) is 24.3 Å². The zero-order chi connectivity index (χ0) is 15.1. The lowest BCUT2D eigenvalue weighted by molar-refractivity contribution is -0.116. The zero-order valence-electron chi connectivity index (χ0n) is 13.0. The lowest BCUT2D eigenvalue weighted by atomic mass is 10.0. The van der Waals surface area contributed by atoms with Gasteiger partial charge in [0, 0.05) is 6.42 Å². The van der Waals surface area contributed by atoms with Gasteiger partial charge >= 0.3 is 0 Å². The number of rotatable bonds is 7. The molecular weight excluding hydrogens is 264 g/mol. The monoisotopic (exact) mass is 290 g/mol. The number of ether oxygens (including phenoxy) is 1. The minimum Gasteiger partial charge on any atom is -0.491 e. The van der Waals surface area contributed by atoms with Crippen LogP contribution in [0.2, 0.25) is 0 Å². The Balaban J connectivity index is 1.84. The van der Waals surface area contributed by atoms with E-state index in [0.717, 1.165) is 30.9 Å². The molecule has 0 aromatic heterocycles. The normalized spacial score (nSPS) is 18.0. The van der Waals surface area contributed by atoms with Crippen LogP contribution in [-0.4, -0.2) is 25.6 Å². The highest BCUT2D eigenvalue weighted by atomic mass is 16.5. The fourth-order valence-electron chi connectivity index (χ4n) is 2.46. The second kappa shape index (κ2) is 8.03. The first-order valence-corrected chi connectivity index (χ1v) is 7.87. The third kappa shape index (κ3) is 5.38. The van der Waals surface area contributed by atoms with Gasteiger partial charge in [-0.05, 0) is 49.9 Å².